The molecular formula is C9H10ClNO3. The Hall–Kier alpha value is -1.29. The number of rotatable bonds is 3. The molecule has 4 nitrogen and oxygen atoms in total. The van der Waals surface area contributed by atoms with E-state index < -0.39 is 5.24 Å². The van der Waals surface area contributed by atoms with Gasteiger partial charge in [0.25, 0.3) is 5.24 Å². The van der Waals surface area contributed by atoms with Gasteiger partial charge in [-0.25, -0.2) is 4.98 Å². The third-order valence-electron chi connectivity index (χ3n) is 1.77. The maximum absolute atomic E-state index is 11.1. The molecule has 1 aromatic heterocycles. The number of aromatic nitrogens is 1. The Balaban J connectivity index is 3.34. The summed E-state index contributed by atoms with van der Waals surface area (Å²) in [6.07, 6.45) is 0. The Bertz CT molecular complexity index is 365. The number of hydrogen-bond donors (Lipinski definition) is 0. The van der Waals surface area contributed by atoms with Crippen LogP contribution in [0.2, 0.25) is 0 Å². The van der Waals surface area contributed by atoms with Crippen molar-refractivity contribution in [2.45, 2.75) is 6.92 Å². The topological polar surface area (TPSA) is 48.4 Å². The van der Waals surface area contributed by atoms with Gasteiger partial charge in [0.05, 0.1) is 25.5 Å². The van der Waals surface area contributed by atoms with Gasteiger partial charge in [-0.15, -0.1) is 0 Å². The van der Waals surface area contributed by atoms with Crippen molar-refractivity contribution in [1.29, 1.82) is 0 Å². The van der Waals surface area contributed by atoms with Gasteiger partial charge in [-0.2, -0.15) is 0 Å². The first-order valence-corrected chi connectivity index (χ1v) is 4.27. The summed E-state index contributed by atoms with van der Waals surface area (Å²) < 4.78 is 9.93. The van der Waals surface area contributed by atoms with Crippen molar-refractivity contribution in [2.75, 3.05) is 14.2 Å². The minimum absolute atomic E-state index is 0.273. The van der Waals surface area contributed by atoms with Crippen LogP contribution in [0.3, 0.4) is 0 Å². The van der Waals surface area contributed by atoms with Crippen LogP contribution in [0.15, 0.2) is 6.07 Å². The van der Waals surface area contributed by atoms with E-state index in [0.717, 1.165) is 0 Å². The largest absolute Gasteiger partial charge is 0.496 e. The van der Waals surface area contributed by atoms with Gasteiger partial charge >= 0.3 is 0 Å². The Kier molecular flexibility index (Phi) is 3.30. The molecule has 0 fully saturated rings. The molecule has 76 valence electrons. The number of nitrogens with zero attached hydrogens (tertiary/aromatic N) is 1. The summed E-state index contributed by atoms with van der Waals surface area (Å²) in [4.78, 5) is 15.1. The highest BCUT2D eigenvalue weighted by Crippen LogP contribution is 2.26. The van der Waals surface area contributed by atoms with Crippen LogP contribution in [0.25, 0.3) is 0 Å². The van der Waals surface area contributed by atoms with Crippen molar-refractivity contribution in [3.05, 3.63) is 17.3 Å². The lowest BCUT2D eigenvalue weighted by Gasteiger charge is -2.09. The highest BCUT2D eigenvalue weighted by molar-refractivity contribution is 6.68. The van der Waals surface area contributed by atoms with Gasteiger partial charge in [0, 0.05) is 6.07 Å². The van der Waals surface area contributed by atoms with Crippen LogP contribution >= 0.6 is 11.6 Å². The molecule has 0 amide bonds. The second-order valence-corrected chi connectivity index (χ2v) is 2.94. The van der Waals surface area contributed by atoms with E-state index in [2.05, 4.69) is 4.98 Å². The number of ether oxygens (including phenoxy) is 2. The molecule has 0 aliphatic rings. The predicted molar refractivity (Wildman–Crippen MR) is 52.3 cm³/mol. The molecule has 0 unspecified atom stereocenters. The molecule has 14 heavy (non-hydrogen) atoms. The minimum atomic E-state index is -0.588. The van der Waals surface area contributed by atoms with Crippen molar-refractivity contribution in [3.8, 4) is 11.6 Å². The number of methoxy groups -OCH3 is 2. The Morgan fingerprint density at radius 2 is 2.07 bits per heavy atom. The fourth-order valence-electron chi connectivity index (χ4n) is 1.12. The van der Waals surface area contributed by atoms with E-state index in [4.69, 9.17) is 21.1 Å². The standard InChI is InChI=1S/C9H10ClNO3/c1-5-8(9(10)12)6(13-2)4-7(11-5)14-3/h4H,1-3H3. The van der Waals surface area contributed by atoms with Crippen LogP contribution in [-0.2, 0) is 0 Å². The first kappa shape index (κ1) is 10.8. The van der Waals surface area contributed by atoms with Gasteiger partial charge in [-0.1, -0.05) is 0 Å². The van der Waals surface area contributed by atoms with Gasteiger partial charge in [-0.3, -0.25) is 4.79 Å². The number of aryl methyl sites for hydroxylation is 1. The number of carbonyl (C=O) groups is 1. The zero-order valence-corrected chi connectivity index (χ0v) is 8.88. The molecule has 0 aliphatic carbocycles. The number of carbonyl (C=O) groups excluding carboxylic acids is 1. The third-order valence-corrected chi connectivity index (χ3v) is 1.96. The zero-order valence-electron chi connectivity index (χ0n) is 8.13. The smallest absolute Gasteiger partial charge is 0.257 e. The molecule has 0 N–H and O–H groups in total. The second-order valence-electron chi connectivity index (χ2n) is 2.60. The average molecular weight is 216 g/mol. The monoisotopic (exact) mass is 215 g/mol. The second kappa shape index (κ2) is 4.28. The lowest BCUT2D eigenvalue weighted by Crippen LogP contribution is -2.02. The van der Waals surface area contributed by atoms with Crippen LogP contribution in [-0.4, -0.2) is 24.4 Å². The van der Waals surface area contributed by atoms with E-state index in [9.17, 15) is 4.79 Å². The summed E-state index contributed by atoms with van der Waals surface area (Å²) in [5.74, 6) is 0.760. The first-order chi connectivity index (χ1) is 6.60. The normalized spacial score (nSPS) is 9.71. The van der Waals surface area contributed by atoms with E-state index in [-0.39, 0.29) is 5.56 Å². The highest BCUT2D eigenvalue weighted by Gasteiger charge is 2.16. The molecule has 0 aliphatic heterocycles. The molecule has 1 aromatic rings. The van der Waals surface area contributed by atoms with Crippen molar-refractivity contribution in [1.82, 2.24) is 4.98 Å². The Labute approximate surface area is 86.8 Å². The predicted octanol–water partition coefficient (Wildman–Crippen LogP) is 1.79. The molecule has 0 aromatic carbocycles. The molecule has 0 radical (unpaired) electrons. The van der Waals surface area contributed by atoms with Gasteiger partial charge < -0.3 is 9.47 Å². The molecule has 0 saturated heterocycles. The third kappa shape index (κ3) is 1.96. The molecular weight excluding hydrogens is 206 g/mol. The minimum Gasteiger partial charge on any atom is -0.496 e. The van der Waals surface area contributed by atoms with Gasteiger partial charge in [-0.05, 0) is 18.5 Å². The van der Waals surface area contributed by atoms with Crippen molar-refractivity contribution in [2.24, 2.45) is 0 Å². The summed E-state index contributed by atoms with van der Waals surface area (Å²) in [6, 6.07) is 1.52. The summed E-state index contributed by atoms with van der Waals surface area (Å²) in [7, 11) is 2.95. The lowest BCUT2D eigenvalue weighted by atomic mass is 10.2. The van der Waals surface area contributed by atoms with Crippen LogP contribution in [0, 0.1) is 6.92 Å². The fraction of sp³-hybridized carbons (Fsp3) is 0.333. The first-order valence-electron chi connectivity index (χ1n) is 3.89. The summed E-state index contributed by atoms with van der Waals surface area (Å²) in [5.41, 5.74) is 0.760. The zero-order chi connectivity index (χ0) is 10.7. The lowest BCUT2D eigenvalue weighted by molar-refractivity contribution is 0.107. The van der Waals surface area contributed by atoms with Crippen molar-refractivity contribution < 1.29 is 14.3 Å². The SMILES string of the molecule is COc1cc(OC)c(C(=O)Cl)c(C)n1. The Morgan fingerprint density at radius 1 is 1.43 bits per heavy atom. The van der Waals surface area contributed by atoms with Gasteiger partial charge in [0.2, 0.25) is 5.88 Å². The van der Waals surface area contributed by atoms with E-state index in [1.807, 2.05) is 0 Å². The molecule has 0 atom stereocenters. The summed E-state index contributed by atoms with van der Waals surface area (Å²) >= 11 is 5.39. The number of halogens is 1. The molecule has 0 saturated carbocycles. The molecule has 0 spiro atoms. The summed E-state index contributed by atoms with van der Waals surface area (Å²) in [6.45, 7) is 1.67. The highest BCUT2D eigenvalue weighted by atomic mass is 35.5. The summed E-state index contributed by atoms with van der Waals surface area (Å²) in [5, 5.41) is -0.588. The van der Waals surface area contributed by atoms with Crippen LogP contribution in [0.1, 0.15) is 16.1 Å². The van der Waals surface area contributed by atoms with Crippen LogP contribution in [0.4, 0.5) is 0 Å². The number of pyridine rings is 1. The van der Waals surface area contributed by atoms with E-state index >= 15 is 0 Å². The quantitative estimate of drug-likeness (QED) is 0.722. The van der Waals surface area contributed by atoms with E-state index in [1.165, 1.54) is 20.3 Å². The maximum atomic E-state index is 11.1. The van der Waals surface area contributed by atoms with Gasteiger partial charge in [0.1, 0.15) is 5.75 Å². The Morgan fingerprint density at radius 3 is 2.50 bits per heavy atom. The van der Waals surface area contributed by atoms with Crippen LogP contribution in [0.5, 0.6) is 11.6 Å². The van der Waals surface area contributed by atoms with E-state index in [0.29, 0.717) is 17.3 Å². The van der Waals surface area contributed by atoms with Crippen molar-refractivity contribution in [3.63, 3.8) is 0 Å². The maximum Gasteiger partial charge on any atom is 0.257 e. The van der Waals surface area contributed by atoms with E-state index in [1.54, 1.807) is 6.92 Å². The molecule has 1 heterocycles. The number of hydrogen-bond acceptors (Lipinski definition) is 4. The average Bonchev–Trinajstić information content (AvgIpc) is 2.15. The van der Waals surface area contributed by atoms with Crippen molar-refractivity contribution >= 4 is 16.8 Å². The van der Waals surface area contributed by atoms with Gasteiger partial charge in [0.15, 0.2) is 0 Å². The molecule has 0 bridgehead atoms. The van der Waals surface area contributed by atoms with Crippen LogP contribution < -0.4 is 9.47 Å². The molecule has 5 heteroatoms. The fourth-order valence-corrected chi connectivity index (χ4v) is 1.35. The molecule has 1 rings (SSSR count).